The van der Waals surface area contributed by atoms with Crippen molar-refractivity contribution in [2.45, 2.75) is 39.7 Å². The van der Waals surface area contributed by atoms with Gasteiger partial charge in [0.25, 0.3) is 0 Å². The maximum absolute atomic E-state index is 12.5. The largest absolute Gasteiger partial charge is 0.396 e. The summed E-state index contributed by atoms with van der Waals surface area (Å²) in [5.74, 6) is 0.334. The van der Waals surface area contributed by atoms with Crippen molar-refractivity contribution in [3.05, 3.63) is 29.3 Å². The highest BCUT2D eigenvalue weighted by atomic mass is 16.3. The molecule has 0 bridgehead atoms. The molecule has 2 atom stereocenters. The second-order valence-electron chi connectivity index (χ2n) is 6.12. The van der Waals surface area contributed by atoms with Gasteiger partial charge in [0.15, 0.2) is 0 Å². The normalized spacial score (nSPS) is 21.0. The van der Waals surface area contributed by atoms with Crippen molar-refractivity contribution >= 4 is 11.6 Å². The summed E-state index contributed by atoms with van der Waals surface area (Å²) < 4.78 is 0. The van der Waals surface area contributed by atoms with Crippen LogP contribution in [0.15, 0.2) is 18.2 Å². The van der Waals surface area contributed by atoms with Crippen LogP contribution >= 0.6 is 0 Å². The number of nitrogens with one attached hydrogen (secondary N) is 1. The summed E-state index contributed by atoms with van der Waals surface area (Å²) in [4.78, 5) is 14.7. The molecule has 21 heavy (non-hydrogen) atoms. The Kier molecular flexibility index (Phi) is 5.37. The van der Waals surface area contributed by atoms with Gasteiger partial charge in [-0.2, -0.15) is 0 Å². The average Bonchev–Trinajstić information content (AvgIpc) is 2.50. The van der Waals surface area contributed by atoms with Gasteiger partial charge >= 0.3 is 0 Å². The zero-order chi connectivity index (χ0) is 15.4. The molecule has 2 N–H and O–H groups in total. The highest BCUT2D eigenvalue weighted by Crippen LogP contribution is 2.22. The van der Waals surface area contributed by atoms with Crippen LogP contribution in [0.4, 0.5) is 5.69 Å². The first-order valence-corrected chi connectivity index (χ1v) is 7.75. The van der Waals surface area contributed by atoms with Crippen molar-refractivity contribution in [2.75, 3.05) is 25.0 Å². The molecule has 1 aliphatic rings. The number of hydrogen-bond donors (Lipinski definition) is 2. The number of hydrogen-bond acceptors (Lipinski definition) is 3. The molecule has 0 radical (unpaired) electrons. The third kappa shape index (κ3) is 3.83. The highest BCUT2D eigenvalue weighted by Gasteiger charge is 2.27. The number of nitrogens with zero attached hydrogens (tertiary/aromatic N) is 1. The van der Waals surface area contributed by atoms with E-state index in [4.69, 9.17) is 0 Å². The Morgan fingerprint density at radius 3 is 2.71 bits per heavy atom. The molecule has 2 unspecified atom stereocenters. The number of piperidine rings is 1. The van der Waals surface area contributed by atoms with Crippen LogP contribution in [0.1, 0.15) is 30.9 Å². The minimum absolute atomic E-state index is 0.0333. The quantitative estimate of drug-likeness (QED) is 0.895. The van der Waals surface area contributed by atoms with E-state index in [0.717, 1.165) is 42.7 Å². The van der Waals surface area contributed by atoms with E-state index in [2.05, 4.69) is 10.2 Å². The number of aliphatic hydroxyl groups is 1. The van der Waals surface area contributed by atoms with E-state index in [-0.39, 0.29) is 18.6 Å². The number of carbonyl (C=O) groups excluding carboxylic acids is 1. The molecule has 1 aromatic carbocycles. The van der Waals surface area contributed by atoms with E-state index in [1.807, 2.05) is 39.0 Å². The number of aliphatic hydroxyl groups excluding tert-OH is 1. The molecule has 0 saturated carbocycles. The Bertz CT molecular complexity index is 481. The van der Waals surface area contributed by atoms with Gasteiger partial charge in [-0.25, -0.2) is 0 Å². The Morgan fingerprint density at radius 1 is 1.43 bits per heavy atom. The minimum atomic E-state index is -0.168. The lowest BCUT2D eigenvalue weighted by Gasteiger charge is -2.35. The van der Waals surface area contributed by atoms with Crippen molar-refractivity contribution in [3.63, 3.8) is 0 Å². The summed E-state index contributed by atoms with van der Waals surface area (Å²) in [6.45, 7) is 7.91. The molecule has 1 aliphatic heterocycles. The Labute approximate surface area is 127 Å². The van der Waals surface area contributed by atoms with Crippen LogP contribution < -0.4 is 5.32 Å². The predicted molar refractivity (Wildman–Crippen MR) is 85.4 cm³/mol. The van der Waals surface area contributed by atoms with Crippen LogP contribution in [0, 0.1) is 19.8 Å². The van der Waals surface area contributed by atoms with E-state index >= 15 is 0 Å². The van der Waals surface area contributed by atoms with E-state index in [1.165, 1.54) is 0 Å². The van der Waals surface area contributed by atoms with Gasteiger partial charge in [0.05, 0.1) is 6.04 Å². The molecule has 0 aromatic heterocycles. The second kappa shape index (κ2) is 7.05. The fourth-order valence-electron chi connectivity index (χ4n) is 3.00. The van der Waals surface area contributed by atoms with Crippen LogP contribution in [0.25, 0.3) is 0 Å². The first kappa shape index (κ1) is 16.0. The average molecular weight is 290 g/mol. The van der Waals surface area contributed by atoms with Crippen molar-refractivity contribution in [1.82, 2.24) is 4.90 Å². The maximum atomic E-state index is 12.5. The standard InChI is InChI=1S/C17H26N2O2/c1-12-6-4-7-13(2)16(12)18-17(21)14(3)19-9-5-8-15(10-19)11-20/h4,6-7,14-15,20H,5,8-11H2,1-3H3,(H,18,21). The lowest BCUT2D eigenvalue weighted by Crippen LogP contribution is -2.47. The number of amides is 1. The molecular formula is C17H26N2O2. The van der Waals surface area contributed by atoms with Crippen molar-refractivity contribution in [1.29, 1.82) is 0 Å². The number of para-hydroxylation sites is 1. The van der Waals surface area contributed by atoms with Crippen molar-refractivity contribution in [2.24, 2.45) is 5.92 Å². The lowest BCUT2D eigenvalue weighted by molar-refractivity contribution is -0.121. The monoisotopic (exact) mass is 290 g/mol. The third-order valence-corrected chi connectivity index (χ3v) is 4.47. The van der Waals surface area contributed by atoms with Gasteiger partial charge in [-0.1, -0.05) is 18.2 Å². The van der Waals surface area contributed by atoms with Gasteiger partial charge in [-0.15, -0.1) is 0 Å². The summed E-state index contributed by atoms with van der Waals surface area (Å²) in [6.07, 6.45) is 2.10. The first-order valence-electron chi connectivity index (χ1n) is 7.75. The van der Waals surface area contributed by atoms with Gasteiger partial charge < -0.3 is 10.4 Å². The van der Waals surface area contributed by atoms with E-state index in [1.54, 1.807) is 0 Å². The maximum Gasteiger partial charge on any atom is 0.241 e. The third-order valence-electron chi connectivity index (χ3n) is 4.47. The van der Waals surface area contributed by atoms with Gasteiger partial charge in [0.1, 0.15) is 0 Å². The molecule has 2 rings (SSSR count). The number of aryl methyl sites for hydroxylation is 2. The molecule has 1 fully saturated rings. The molecule has 1 aromatic rings. The predicted octanol–water partition coefficient (Wildman–Crippen LogP) is 2.33. The first-order chi connectivity index (χ1) is 10.0. The van der Waals surface area contributed by atoms with Crippen LogP contribution in [0.3, 0.4) is 0 Å². The fourth-order valence-corrected chi connectivity index (χ4v) is 3.00. The molecule has 0 aliphatic carbocycles. The Morgan fingerprint density at radius 2 is 2.10 bits per heavy atom. The molecule has 4 heteroatoms. The SMILES string of the molecule is Cc1cccc(C)c1NC(=O)C(C)N1CCCC(CO)C1. The molecule has 4 nitrogen and oxygen atoms in total. The smallest absolute Gasteiger partial charge is 0.241 e. The molecule has 116 valence electrons. The van der Waals surface area contributed by atoms with Gasteiger partial charge in [0.2, 0.25) is 5.91 Å². The summed E-state index contributed by atoms with van der Waals surface area (Å²) >= 11 is 0. The number of anilines is 1. The van der Waals surface area contributed by atoms with Crippen LogP contribution in [0.5, 0.6) is 0 Å². The van der Waals surface area contributed by atoms with Crippen molar-refractivity contribution < 1.29 is 9.90 Å². The van der Waals surface area contributed by atoms with Crippen LogP contribution in [0.2, 0.25) is 0 Å². The van der Waals surface area contributed by atoms with E-state index in [9.17, 15) is 9.90 Å². The number of benzene rings is 1. The fraction of sp³-hybridized carbons (Fsp3) is 0.588. The zero-order valence-electron chi connectivity index (χ0n) is 13.2. The van der Waals surface area contributed by atoms with Crippen LogP contribution in [-0.4, -0.2) is 41.7 Å². The topological polar surface area (TPSA) is 52.6 Å². The Balaban J connectivity index is 2.02. The molecular weight excluding hydrogens is 264 g/mol. The molecule has 0 spiro atoms. The summed E-state index contributed by atoms with van der Waals surface area (Å²) in [5.41, 5.74) is 3.09. The van der Waals surface area contributed by atoms with Crippen molar-refractivity contribution in [3.8, 4) is 0 Å². The summed E-state index contributed by atoms with van der Waals surface area (Å²) in [6, 6.07) is 5.85. The minimum Gasteiger partial charge on any atom is -0.396 e. The zero-order valence-corrected chi connectivity index (χ0v) is 13.2. The Hall–Kier alpha value is -1.39. The van der Waals surface area contributed by atoms with Gasteiger partial charge in [-0.3, -0.25) is 9.69 Å². The number of rotatable bonds is 4. The summed E-state index contributed by atoms with van der Waals surface area (Å²) in [7, 11) is 0. The van der Waals surface area contributed by atoms with E-state index < -0.39 is 0 Å². The van der Waals surface area contributed by atoms with Gasteiger partial charge in [-0.05, 0) is 57.2 Å². The number of carbonyl (C=O) groups is 1. The van der Waals surface area contributed by atoms with Crippen LogP contribution in [-0.2, 0) is 4.79 Å². The second-order valence-corrected chi connectivity index (χ2v) is 6.12. The lowest BCUT2D eigenvalue weighted by atomic mass is 9.97. The summed E-state index contributed by atoms with van der Waals surface area (Å²) in [5, 5.41) is 12.4. The molecule has 1 heterocycles. The molecule has 1 saturated heterocycles. The molecule has 1 amide bonds. The highest BCUT2D eigenvalue weighted by molar-refractivity contribution is 5.95. The van der Waals surface area contributed by atoms with E-state index in [0.29, 0.717) is 5.92 Å². The van der Waals surface area contributed by atoms with Gasteiger partial charge in [0, 0.05) is 18.8 Å². The number of likely N-dealkylation sites (tertiary alicyclic amines) is 1.